The van der Waals surface area contributed by atoms with Gasteiger partial charge in [-0.3, -0.25) is 4.79 Å². The molecule has 4 nitrogen and oxygen atoms in total. The highest BCUT2D eigenvalue weighted by molar-refractivity contribution is 7.08. The lowest BCUT2D eigenvalue weighted by Gasteiger charge is -2.23. The van der Waals surface area contributed by atoms with Gasteiger partial charge in [-0.05, 0) is 53.1 Å². The first-order valence-electron chi connectivity index (χ1n) is 7.01. The van der Waals surface area contributed by atoms with E-state index in [-0.39, 0.29) is 18.6 Å². The fourth-order valence-electron chi connectivity index (χ4n) is 2.56. The molecule has 0 radical (unpaired) electrons. The number of fused-ring (bicyclic) bond motifs is 1. The van der Waals surface area contributed by atoms with Gasteiger partial charge in [-0.1, -0.05) is 13.0 Å². The number of hydrogen-bond acceptors (Lipinski definition) is 4. The van der Waals surface area contributed by atoms with Gasteiger partial charge in [0.1, 0.15) is 5.75 Å². The van der Waals surface area contributed by atoms with Crippen LogP contribution in [0.3, 0.4) is 0 Å². The summed E-state index contributed by atoms with van der Waals surface area (Å²) in [6.45, 7) is 5.18. The molecule has 5 heteroatoms. The Morgan fingerprint density at radius 1 is 1.43 bits per heavy atom. The molecule has 2 aromatic rings. The molecule has 0 aliphatic carbocycles. The van der Waals surface area contributed by atoms with E-state index < -0.39 is 0 Å². The standard InChI is InChI=1S/C16H18N2O2S/c1-3-17-16(12-9-21-8-10(12)2)11-4-5-14-13(6-11)18-15(19)7-20-14/h4-6,8-9,16-17H,3,7H2,1-2H3,(H,18,19). The molecule has 110 valence electrons. The lowest BCUT2D eigenvalue weighted by Crippen LogP contribution is -2.26. The first-order chi connectivity index (χ1) is 10.2. The third kappa shape index (κ3) is 2.80. The topological polar surface area (TPSA) is 50.4 Å². The SMILES string of the molecule is CCNC(c1ccc2c(c1)NC(=O)CO2)c1cscc1C. The van der Waals surface area contributed by atoms with E-state index in [0.717, 1.165) is 23.5 Å². The number of hydrogen-bond donors (Lipinski definition) is 2. The van der Waals surface area contributed by atoms with Crippen LogP contribution in [0, 0.1) is 6.92 Å². The van der Waals surface area contributed by atoms with E-state index in [9.17, 15) is 4.79 Å². The zero-order chi connectivity index (χ0) is 14.8. The monoisotopic (exact) mass is 302 g/mol. The predicted molar refractivity (Wildman–Crippen MR) is 85.1 cm³/mol. The first kappa shape index (κ1) is 14.1. The summed E-state index contributed by atoms with van der Waals surface area (Å²) >= 11 is 1.71. The van der Waals surface area contributed by atoms with Crippen LogP contribution in [0.4, 0.5) is 5.69 Å². The van der Waals surface area contributed by atoms with Crippen molar-refractivity contribution in [3.05, 3.63) is 45.6 Å². The lowest BCUT2D eigenvalue weighted by atomic mass is 9.97. The van der Waals surface area contributed by atoms with E-state index in [1.54, 1.807) is 11.3 Å². The Bertz CT molecular complexity index is 666. The maximum Gasteiger partial charge on any atom is 0.262 e. The number of amides is 1. The van der Waals surface area contributed by atoms with Crippen molar-refractivity contribution in [2.45, 2.75) is 19.9 Å². The lowest BCUT2D eigenvalue weighted by molar-refractivity contribution is -0.118. The minimum atomic E-state index is -0.105. The Hall–Kier alpha value is -1.85. The molecular weight excluding hydrogens is 284 g/mol. The summed E-state index contributed by atoms with van der Waals surface area (Å²) in [6, 6.07) is 6.11. The van der Waals surface area contributed by atoms with Crippen LogP contribution in [0.2, 0.25) is 0 Å². The van der Waals surface area contributed by atoms with Crippen molar-refractivity contribution >= 4 is 22.9 Å². The number of carbonyl (C=O) groups excluding carboxylic acids is 1. The molecular formula is C16H18N2O2S. The van der Waals surface area contributed by atoms with Crippen LogP contribution in [0.1, 0.15) is 29.7 Å². The summed E-state index contributed by atoms with van der Waals surface area (Å²) in [5.74, 6) is 0.627. The maximum absolute atomic E-state index is 11.5. The van der Waals surface area contributed by atoms with E-state index >= 15 is 0 Å². The molecule has 1 aromatic heterocycles. The van der Waals surface area contributed by atoms with E-state index in [4.69, 9.17) is 4.74 Å². The van der Waals surface area contributed by atoms with Gasteiger partial charge >= 0.3 is 0 Å². The van der Waals surface area contributed by atoms with E-state index in [1.807, 2.05) is 12.1 Å². The normalized spacial score (nSPS) is 15.0. The quantitative estimate of drug-likeness (QED) is 0.912. The van der Waals surface area contributed by atoms with Gasteiger partial charge in [0.05, 0.1) is 11.7 Å². The zero-order valence-corrected chi connectivity index (χ0v) is 12.9. The van der Waals surface area contributed by atoms with Crippen molar-refractivity contribution in [2.24, 2.45) is 0 Å². The molecule has 2 N–H and O–H groups in total. The average Bonchev–Trinajstić information content (AvgIpc) is 2.90. The van der Waals surface area contributed by atoms with E-state index in [0.29, 0.717) is 0 Å². The summed E-state index contributed by atoms with van der Waals surface area (Å²) in [5.41, 5.74) is 4.44. The van der Waals surface area contributed by atoms with Gasteiger partial charge in [0.25, 0.3) is 5.91 Å². The van der Waals surface area contributed by atoms with Crippen molar-refractivity contribution in [2.75, 3.05) is 18.5 Å². The molecule has 3 rings (SSSR count). The fourth-order valence-corrected chi connectivity index (χ4v) is 3.43. The first-order valence-corrected chi connectivity index (χ1v) is 7.96. The van der Waals surface area contributed by atoms with Crippen molar-refractivity contribution in [1.29, 1.82) is 0 Å². The summed E-state index contributed by atoms with van der Waals surface area (Å²) < 4.78 is 5.41. The summed E-state index contributed by atoms with van der Waals surface area (Å²) in [5, 5.41) is 10.7. The Morgan fingerprint density at radius 2 is 2.29 bits per heavy atom. The number of carbonyl (C=O) groups is 1. The molecule has 0 saturated carbocycles. The number of rotatable bonds is 4. The number of nitrogens with one attached hydrogen (secondary N) is 2. The Labute approximate surface area is 128 Å². The van der Waals surface area contributed by atoms with Crippen molar-refractivity contribution in [3.8, 4) is 5.75 Å². The summed E-state index contributed by atoms with van der Waals surface area (Å²) in [7, 11) is 0. The van der Waals surface area contributed by atoms with Gasteiger partial charge in [0.15, 0.2) is 6.61 Å². The molecule has 0 saturated heterocycles. The predicted octanol–water partition coefficient (Wildman–Crippen LogP) is 3.09. The summed E-state index contributed by atoms with van der Waals surface area (Å²) in [4.78, 5) is 11.5. The fraction of sp³-hybridized carbons (Fsp3) is 0.312. The highest BCUT2D eigenvalue weighted by Crippen LogP contribution is 2.34. The number of thiophene rings is 1. The summed E-state index contributed by atoms with van der Waals surface area (Å²) in [6.07, 6.45) is 0. The molecule has 1 aliphatic heterocycles. The number of benzene rings is 1. The van der Waals surface area contributed by atoms with Crippen LogP contribution in [0.25, 0.3) is 0 Å². The van der Waals surface area contributed by atoms with Gasteiger partial charge in [0.2, 0.25) is 0 Å². The van der Waals surface area contributed by atoms with E-state index in [2.05, 4.69) is 41.3 Å². The Morgan fingerprint density at radius 3 is 3.00 bits per heavy atom. The smallest absolute Gasteiger partial charge is 0.262 e. The van der Waals surface area contributed by atoms with E-state index in [1.165, 1.54) is 11.1 Å². The third-order valence-electron chi connectivity index (χ3n) is 3.58. The third-order valence-corrected chi connectivity index (χ3v) is 4.46. The van der Waals surface area contributed by atoms with Crippen LogP contribution in [-0.4, -0.2) is 19.1 Å². The molecule has 1 atom stereocenters. The van der Waals surface area contributed by atoms with Gasteiger partial charge in [0, 0.05) is 0 Å². The van der Waals surface area contributed by atoms with Gasteiger partial charge in [-0.15, -0.1) is 0 Å². The highest BCUT2D eigenvalue weighted by Gasteiger charge is 2.20. The van der Waals surface area contributed by atoms with Gasteiger partial charge in [-0.2, -0.15) is 11.3 Å². The number of aryl methyl sites for hydroxylation is 1. The van der Waals surface area contributed by atoms with Gasteiger partial charge < -0.3 is 15.4 Å². The second-order valence-corrected chi connectivity index (χ2v) is 5.84. The molecule has 0 fully saturated rings. The van der Waals surface area contributed by atoms with Crippen molar-refractivity contribution < 1.29 is 9.53 Å². The molecule has 21 heavy (non-hydrogen) atoms. The second-order valence-electron chi connectivity index (χ2n) is 5.09. The van der Waals surface area contributed by atoms with Crippen molar-refractivity contribution in [3.63, 3.8) is 0 Å². The molecule has 2 heterocycles. The minimum absolute atomic E-state index is 0.0899. The minimum Gasteiger partial charge on any atom is -0.482 e. The molecule has 1 amide bonds. The van der Waals surface area contributed by atoms with Crippen LogP contribution >= 0.6 is 11.3 Å². The molecule has 1 unspecified atom stereocenters. The van der Waals surface area contributed by atoms with Crippen LogP contribution < -0.4 is 15.4 Å². The molecule has 0 bridgehead atoms. The van der Waals surface area contributed by atoms with Crippen molar-refractivity contribution in [1.82, 2.24) is 5.32 Å². The average molecular weight is 302 g/mol. The maximum atomic E-state index is 11.5. The Kier molecular flexibility index (Phi) is 3.94. The second kappa shape index (κ2) is 5.87. The Balaban J connectivity index is 1.98. The number of anilines is 1. The highest BCUT2D eigenvalue weighted by atomic mass is 32.1. The number of ether oxygens (including phenoxy) is 1. The van der Waals surface area contributed by atoms with Gasteiger partial charge in [-0.25, -0.2) is 0 Å². The van der Waals surface area contributed by atoms with Crippen LogP contribution in [-0.2, 0) is 4.79 Å². The molecule has 1 aromatic carbocycles. The zero-order valence-electron chi connectivity index (χ0n) is 12.1. The molecule has 1 aliphatic rings. The molecule has 0 spiro atoms. The van der Waals surface area contributed by atoms with Crippen LogP contribution in [0.15, 0.2) is 29.0 Å². The van der Waals surface area contributed by atoms with Crippen LogP contribution in [0.5, 0.6) is 5.75 Å². The largest absolute Gasteiger partial charge is 0.482 e.